The van der Waals surface area contributed by atoms with Crippen molar-refractivity contribution in [2.75, 3.05) is 30.3 Å². The lowest BCUT2D eigenvalue weighted by Gasteiger charge is -2.20. The summed E-state index contributed by atoms with van der Waals surface area (Å²) in [5.41, 5.74) is 11.4. The highest BCUT2D eigenvalue weighted by molar-refractivity contribution is 7.85. The van der Waals surface area contributed by atoms with Crippen LogP contribution in [-0.4, -0.2) is 55.2 Å². The van der Waals surface area contributed by atoms with Crippen molar-refractivity contribution in [3.8, 4) is 5.75 Å². The normalized spacial score (nSPS) is 19.4. The van der Waals surface area contributed by atoms with Gasteiger partial charge in [-0.05, 0) is 106 Å². The number of nitrogens with zero attached hydrogens (tertiary/aromatic N) is 3. The van der Waals surface area contributed by atoms with Crippen LogP contribution < -0.4 is 19.9 Å². The Hall–Kier alpha value is -3.64. The third kappa shape index (κ3) is 8.31. The Bertz CT molecular complexity index is 1880. The average molecular weight is 695 g/mol. The minimum absolute atomic E-state index is 0.0427. The summed E-state index contributed by atoms with van der Waals surface area (Å²) < 4.78 is 48.6. The van der Waals surface area contributed by atoms with Crippen molar-refractivity contribution in [2.24, 2.45) is 5.73 Å². The van der Waals surface area contributed by atoms with E-state index in [1.54, 1.807) is 0 Å². The van der Waals surface area contributed by atoms with Crippen LogP contribution in [0.4, 0.5) is 5.69 Å². The number of anilines is 1. The summed E-state index contributed by atoms with van der Waals surface area (Å²) in [6.45, 7) is 4.53. The second-order valence-electron chi connectivity index (χ2n) is 12.9. The minimum Gasteiger partial charge on any atom is -0.748 e. The molecule has 6 rings (SSSR count). The first-order chi connectivity index (χ1) is 23.1. The Labute approximate surface area is 287 Å². The molecular formula is C36H43ClN4O6S. The predicted molar refractivity (Wildman–Crippen MR) is 185 cm³/mol. The zero-order valence-corrected chi connectivity index (χ0v) is 28.9. The highest BCUT2D eigenvalue weighted by atomic mass is 35.5. The van der Waals surface area contributed by atoms with Crippen molar-refractivity contribution in [3.63, 3.8) is 0 Å². The Morgan fingerprint density at radius 3 is 2.73 bits per heavy atom. The van der Waals surface area contributed by atoms with Crippen LogP contribution in [0.15, 0.2) is 70.0 Å². The summed E-state index contributed by atoms with van der Waals surface area (Å²) in [5, 5.41) is 0.643. The summed E-state index contributed by atoms with van der Waals surface area (Å²) in [6, 6.07) is 11.6. The fourth-order valence-corrected chi connectivity index (χ4v) is 7.27. The van der Waals surface area contributed by atoms with Crippen molar-refractivity contribution >= 4 is 50.5 Å². The van der Waals surface area contributed by atoms with Gasteiger partial charge in [-0.2, -0.15) is 4.57 Å². The van der Waals surface area contributed by atoms with Gasteiger partial charge in [-0.25, -0.2) is 8.42 Å². The molecule has 0 radical (unpaired) electrons. The number of ether oxygens (including phenoxy) is 1. The van der Waals surface area contributed by atoms with Crippen LogP contribution >= 0.6 is 11.6 Å². The van der Waals surface area contributed by atoms with Crippen molar-refractivity contribution in [2.45, 2.75) is 77.3 Å². The van der Waals surface area contributed by atoms with Gasteiger partial charge in [-0.1, -0.05) is 23.7 Å². The second-order valence-corrected chi connectivity index (χ2v) is 14.8. The molecule has 1 atom stereocenters. The molecule has 0 bridgehead atoms. The first-order valence-corrected chi connectivity index (χ1v) is 18.8. The molecule has 1 unspecified atom stereocenters. The van der Waals surface area contributed by atoms with Gasteiger partial charge in [-0.15, -0.1) is 0 Å². The second kappa shape index (κ2) is 14.9. The van der Waals surface area contributed by atoms with Gasteiger partial charge in [0.2, 0.25) is 17.4 Å². The van der Waals surface area contributed by atoms with Crippen molar-refractivity contribution < 1.29 is 31.5 Å². The third-order valence-electron chi connectivity index (χ3n) is 9.11. The highest BCUT2D eigenvalue weighted by Crippen LogP contribution is 2.41. The van der Waals surface area contributed by atoms with Gasteiger partial charge in [0.15, 0.2) is 12.3 Å². The number of carbonyl (C=O) groups is 1. The van der Waals surface area contributed by atoms with Crippen molar-refractivity contribution in [1.82, 2.24) is 4.90 Å². The molecule has 3 aliphatic rings. The number of unbranched alkanes of at least 4 members (excludes halogenated alkanes) is 2. The van der Waals surface area contributed by atoms with Crippen LogP contribution in [0.3, 0.4) is 0 Å². The molecule has 2 aromatic carbocycles. The van der Waals surface area contributed by atoms with E-state index in [-0.39, 0.29) is 18.4 Å². The zero-order chi connectivity index (χ0) is 33.8. The number of benzene rings is 2. The monoisotopic (exact) mass is 694 g/mol. The number of rotatable bonds is 15. The first-order valence-electron chi connectivity index (χ1n) is 16.8. The van der Waals surface area contributed by atoms with Crippen LogP contribution in [0.25, 0.3) is 17.2 Å². The predicted octanol–water partition coefficient (Wildman–Crippen LogP) is 5.97. The van der Waals surface area contributed by atoms with Gasteiger partial charge in [0.25, 0.3) is 5.52 Å². The molecule has 1 amide bonds. The largest absolute Gasteiger partial charge is 0.748 e. The molecule has 256 valence electrons. The number of nitrogens with two attached hydrogens (primary N) is 1. The van der Waals surface area contributed by atoms with Crippen LogP contribution in [0.1, 0.15) is 69.2 Å². The number of hydrogen-bond donors (Lipinski definition) is 1. The van der Waals surface area contributed by atoms with Crippen LogP contribution in [0.5, 0.6) is 5.75 Å². The molecule has 1 saturated heterocycles. The topological polar surface area (TPSA) is 133 Å². The van der Waals surface area contributed by atoms with Crippen LogP contribution in [-0.2, 0) is 21.5 Å². The standard InChI is InChI=1S/C36H43ClN4O6S/c1-25-11-13-32-30(20-25)40(18-7-19-48(43,44)45)35(46-32)23-27-9-6-8-26(21-27)22-34-39(31-24-28(37)12-14-33(31)47-34)16-4-2-10-29-36(42)41(29)17-5-3-15-38/h11-14,20-24,29H,2-10,15-19,38H2,1H3. The van der Waals surface area contributed by atoms with E-state index in [9.17, 15) is 17.8 Å². The van der Waals surface area contributed by atoms with Crippen molar-refractivity contribution in [1.29, 1.82) is 0 Å². The number of aromatic nitrogens is 1. The first kappa shape index (κ1) is 34.2. The van der Waals surface area contributed by atoms with E-state index in [4.69, 9.17) is 26.5 Å². The summed E-state index contributed by atoms with van der Waals surface area (Å²) in [5.74, 6) is 1.89. The molecule has 2 aliphatic heterocycles. The Morgan fingerprint density at radius 2 is 1.92 bits per heavy atom. The number of hydrogen-bond acceptors (Lipinski definition) is 8. The smallest absolute Gasteiger partial charge is 0.374 e. The molecule has 0 spiro atoms. The number of allylic oxidation sites excluding steroid dienone is 4. The van der Waals surface area contributed by atoms with E-state index in [1.165, 1.54) is 0 Å². The highest BCUT2D eigenvalue weighted by Gasteiger charge is 2.44. The third-order valence-corrected chi connectivity index (χ3v) is 10.1. The summed E-state index contributed by atoms with van der Waals surface area (Å²) >= 11 is 6.40. The molecule has 0 saturated carbocycles. The number of amides is 1. The Morgan fingerprint density at radius 1 is 1.06 bits per heavy atom. The summed E-state index contributed by atoms with van der Waals surface area (Å²) in [6.07, 6.45) is 13.7. The number of oxazole rings is 1. The van der Waals surface area contributed by atoms with Gasteiger partial charge >= 0.3 is 5.89 Å². The molecule has 10 nitrogen and oxygen atoms in total. The maximum absolute atomic E-state index is 12.2. The fourth-order valence-electron chi connectivity index (χ4n) is 6.62. The van der Waals surface area contributed by atoms with E-state index in [0.29, 0.717) is 29.7 Å². The van der Waals surface area contributed by atoms with E-state index < -0.39 is 15.9 Å². The van der Waals surface area contributed by atoms with E-state index >= 15 is 0 Å². The molecule has 1 aliphatic carbocycles. The molecule has 1 fully saturated rings. The molecule has 12 heteroatoms. The quantitative estimate of drug-likeness (QED) is 0.0891. The minimum atomic E-state index is -4.31. The maximum Gasteiger partial charge on any atom is 0.374 e. The molecule has 3 heterocycles. The van der Waals surface area contributed by atoms with E-state index in [0.717, 1.165) is 104 Å². The molecule has 1 aromatic heterocycles. The van der Waals surface area contributed by atoms with Crippen LogP contribution in [0, 0.1) is 6.92 Å². The van der Waals surface area contributed by atoms with Gasteiger partial charge in [0, 0.05) is 42.4 Å². The van der Waals surface area contributed by atoms with Gasteiger partial charge in [0.05, 0.1) is 21.9 Å². The molecule has 3 aromatic rings. The number of halogens is 1. The SMILES string of the molecule is Cc1ccc2c(c1)N(CCCS(=O)(=O)[O-])C(=CC1=CC(=Cc3oc4ccc(Cl)cc4[n+]3CCCCC3C(=O)N3CCCCN)CCC1)O2. The zero-order valence-electron chi connectivity index (χ0n) is 27.3. The lowest BCUT2D eigenvalue weighted by atomic mass is 9.94. The van der Waals surface area contributed by atoms with Gasteiger partial charge < -0.3 is 29.2 Å². The van der Waals surface area contributed by atoms with E-state index in [1.807, 2.05) is 59.2 Å². The molecule has 2 N–H and O–H groups in total. The van der Waals surface area contributed by atoms with Crippen molar-refractivity contribution in [3.05, 3.63) is 82.1 Å². The maximum atomic E-state index is 12.2. The number of fused-ring (bicyclic) bond motifs is 2. The number of carbonyl (C=O) groups excluding carboxylic acids is 1. The number of aryl methyl sites for hydroxylation is 2. The van der Waals surface area contributed by atoms with Crippen LogP contribution in [0.2, 0.25) is 5.02 Å². The molecule has 48 heavy (non-hydrogen) atoms. The molecular weight excluding hydrogens is 652 g/mol. The van der Waals surface area contributed by atoms with Gasteiger partial charge in [0.1, 0.15) is 6.04 Å². The lowest BCUT2D eigenvalue weighted by Crippen LogP contribution is -2.35. The lowest BCUT2D eigenvalue weighted by molar-refractivity contribution is -0.678. The fraction of sp³-hybridized carbons (Fsp3) is 0.444. The summed E-state index contributed by atoms with van der Waals surface area (Å²) in [7, 11) is -4.31. The Balaban J connectivity index is 1.19. The average Bonchev–Trinajstić information content (AvgIpc) is 3.33. The van der Waals surface area contributed by atoms with Gasteiger partial charge in [-0.3, -0.25) is 4.79 Å². The summed E-state index contributed by atoms with van der Waals surface area (Å²) in [4.78, 5) is 16.1. The Kier molecular flexibility index (Phi) is 10.6. The van der Waals surface area contributed by atoms with E-state index in [2.05, 4.69) is 16.7 Å².